The third kappa shape index (κ3) is 3.35. The molecular weight excluding hydrogens is 240 g/mol. The number of anilines is 1. The largest absolute Gasteiger partial charge is 0.399 e. The van der Waals surface area contributed by atoms with Gasteiger partial charge in [-0.25, -0.2) is 0 Å². The summed E-state index contributed by atoms with van der Waals surface area (Å²) in [5.74, 6) is -0.158. The lowest BCUT2D eigenvalue weighted by molar-refractivity contribution is 0.0624. The van der Waals surface area contributed by atoms with Gasteiger partial charge in [0, 0.05) is 22.9 Å². The van der Waals surface area contributed by atoms with E-state index in [1.807, 2.05) is 0 Å². The van der Waals surface area contributed by atoms with Gasteiger partial charge in [0.15, 0.2) is 0 Å². The summed E-state index contributed by atoms with van der Waals surface area (Å²) in [6.45, 7) is 1.35. The molecule has 0 radical (unpaired) electrons. The first kappa shape index (κ1) is 12.2. The molecule has 1 aliphatic rings. The zero-order valence-corrected chi connectivity index (χ0v) is 10.2. The van der Waals surface area contributed by atoms with E-state index < -0.39 is 0 Å². The molecule has 1 unspecified atom stereocenters. The van der Waals surface area contributed by atoms with E-state index in [4.69, 9.17) is 22.1 Å². The van der Waals surface area contributed by atoms with E-state index in [1.165, 1.54) is 0 Å². The first-order valence-corrected chi connectivity index (χ1v) is 5.97. The number of nitrogens with two attached hydrogens (primary N) is 1. The van der Waals surface area contributed by atoms with E-state index in [9.17, 15) is 4.79 Å². The number of hydrogen-bond acceptors (Lipinski definition) is 3. The minimum Gasteiger partial charge on any atom is -0.399 e. The molecule has 1 aromatic rings. The fourth-order valence-corrected chi connectivity index (χ4v) is 2.11. The van der Waals surface area contributed by atoms with Crippen LogP contribution in [0.2, 0.25) is 5.02 Å². The summed E-state index contributed by atoms with van der Waals surface area (Å²) in [4.78, 5) is 11.9. The van der Waals surface area contributed by atoms with E-state index in [1.54, 1.807) is 18.2 Å². The molecule has 0 aliphatic carbocycles. The molecule has 17 heavy (non-hydrogen) atoms. The first-order chi connectivity index (χ1) is 8.15. The number of halogens is 1. The number of nitrogen functional groups attached to an aromatic ring is 1. The summed E-state index contributed by atoms with van der Waals surface area (Å²) in [5, 5.41) is 3.38. The predicted octanol–water partition coefficient (Wildman–Crippen LogP) is 1.83. The van der Waals surface area contributed by atoms with Gasteiger partial charge < -0.3 is 15.8 Å². The minimum atomic E-state index is -0.158. The van der Waals surface area contributed by atoms with E-state index in [2.05, 4.69) is 5.32 Å². The van der Waals surface area contributed by atoms with E-state index >= 15 is 0 Å². The standard InChI is InChI=1S/C12H15ClN2O2/c13-9-4-8(5-10(14)6-9)12(16)15-11-2-1-3-17-7-11/h4-6,11H,1-3,7,14H2,(H,15,16). The second-order valence-electron chi connectivity index (χ2n) is 4.16. The Labute approximate surface area is 105 Å². The van der Waals surface area contributed by atoms with Crippen molar-refractivity contribution >= 4 is 23.2 Å². The molecule has 5 heteroatoms. The van der Waals surface area contributed by atoms with E-state index in [-0.39, 0.29) is 11.9 Å². The van der Waals surface area contributed by atoms with E-state index in [0.29, 0.717) is 22.9 Å². The van der Waals surface area contributed by atoms with Crippen LogP contribution in [0, 0.1) is 0 Å². The summed E-state index contributed by atoms with van der Waals surface area (Å²) in [6.07, 6.45) is 1.92. The minimum absolute atomic E-state index is 0.0801. The number of carbonyl (C=O) groups is 1. The summed E-state index contributed by atoms with van der Waals surface area (Å²) in [7, 11) is 0. The maximum Gasteiger partial charge on any atom is 0.251 e. The van der Waals surface area contributed by atoms with Crippen LogP contribution in [0.4, 0.5) is 5.69 Å². The topological polar surface area (TPSA) is 64.4 Å². The number of carbonyl (C=O) groups excluding carboxylic acids is 1. The lowest BCUT2D eigenvalue weighted by Crippen LogP contribution is -2.40. The molecule has 2 rings (SSSR count). The average Bonchev–Trinajstić information content (AvgIpc) is 2.29. The molecule has 1 fully saturated rings. The van der Waals surface area contributed by atoms with Crippen molar-refractivity contribution in [3.05, 3.63) is 28.8 Å². The van der Waals surface area contributed by atoms with Crippen molar-refractivity contribution in [1.82, 2.24) is 5.32 Å². The van der Waals surface area contributed by atoms with Gasteiger partial charge in [0.1, 0.15) is 0 Å². The van der Waals surface area contributed by atoms with Crippen LogP contribution in [0.5, 0.6) is 0 Å². The molecule has 1 amide bonds. The zero-order chi connectivity index (χ0) is 12.3. The van der Waals surface area contributed by atoms with Gasteiger partial charge >= 0.3 is 0 Å². The molecule has 1 atom stereocenters. The number of ether oxygens (including phenoxy) is 1. The zero-order valence-electron chi connectivity index (χ0n) is 9.41. The van der Waals surface area contributed by atoms with E-state index in [0.717, 1.165) is 19.4 Å². The molecule has 3 N–H and O–H groups in total. The normalized spacial score (nSPS) is 19.9. The molecule has 1 heterocycles. The van der Waals surface area contributed by atoms with Gasteiger partial charge in [-0.1, -0.05) is 11.6 Å². The van der Waals surface area contributed by atoms with Crippen molar-refractivity contribution in [1.29, 1.82) is 0 Å². The van der Waals surface area contributed by atoms with Crippen molar-refractivity contribution in [3.8, 4) is 0 Å². The molecule has 92 valence electrons. The Hall–Kier alpha value is -1.26. The van der Waals surface area contributed by atoms with Crippen LogP contribution >= 0.6 is 11.6 Å². The smallest absolute Gasteiger partial charge is 0.251 e. The van der Waals surface area contributed by atoms with Crippen LogP contribution < -0.4 is 11.1 Å². The quantitative estimate of drug-likeness (QED) is 0.792. The lowest BCUT2D eigenvalue weighted by atomic mass is 10.1. The third-order valence-electron chi connectivity index (χ3n) is 2.68. The second-order valence-corrected chi connectivity index (χ2v) is 4.60. The van der Waals surface area contributed by atoms with Gasteiger partial charge in [-0.3, -0.25) is 4.79 Å². The average molecular weight is 255 g/mol. The molecule has 1 aliphatic heterocycles. The number of amides is 1. The Morgan fingerprint density at radius 2 is 2.29 bits per heavy atom. The number of rotatable bonds is 2. The fraction of sp³-hybridized carbons (Fsp3) is 0.417. The Kier molecular flexibility index (Phi) is 3.86. The van der Waals surface area contributed by atoms with Crippen molar-refractivity contribution in [2.24, 2.45) is 0 Å². The number of nitrogens with one attached hydrogen (secondary N) is 1. The summed E-state index contributed by atoms with van der Waals surface area (Å²) < 4.78 is 5.30. The van der Waals surface area contributed by atoms with Crippen molar-refractivity contribution in [2.45, 2.75) is 18.9 Å². The summed E-state index contributed by atoms with van der Waals surface area (Å²) in [6, 6.07) is 4.92. The van der Waals surface area contributed by atoms with Gasteiger partial charge in [-0.05, 0) is 31.0 Å². The maximum absolute atomic E-state index is 11.9. The summed E-state index contributed by atoms with van der Waals surface area (Å²) >= 11 is 5.85. The maximum atomic E-state index is 11.9. The van der Waals surface area contributed by atoms with Crippen molar-refractivity contribution < 1.29 is 9.53 Å². The van der Waals surface area contributed by atoms with Crippen molar-refractivity contribution in [2.75, 3.05) is 18.9 Å². The highest BCUT2D eigenvalue weighted by atomic mass is 35.5. The van der Waals surface area contributed by atoms with Crippen LogP contribution in [0.25, 0.3) is 0 Å². The summed E-state index contributed by atoms with van der Waals surface area (Å²) in [5.41, 5.74) is 6.62. The van der Waals surface area contributed by atoms with Crippen LogP contribution in [0.15, 0.2) is 18.2 Å². The first-order valence-electron chi connectivity index (χ1n) is 5.60. The molecule has 1 saturated heterocycles. The molecule has 0 saturated carbocycles. The molecular formula is C12H15ClN2O2. The van der Waals surface area contributed by atoms with Crippen LogP contribution in [-0.2, 0) is 4.74 Å². The van der Waals surface area contributed by atoms with Gasteiger partial charge in [0.05, 0.1) is 12.6 Å². The van der Waals surface area contributed by atoms with Gasteiger partial charge in [0.2, 0.25) is 0 Å². The molecule has 0 bridgehead atoms. The Balaban J connectivity index is 2.03. The van der Waals surface area contributed by atoms with Crippen LogP contribution in [0.3, 0.4) is 0 Å². The highest BCUT2D eigenvalue weighted by Gasteiger charge is 2.17. The second kappa shape index (κ2) is 5.38. The Bertz CT molecular complexity index is 397. The number of benzene rings is 1. The fourth-order valence-electron chi connectivity index (χ4n) is 1.87. The van der Waals surface area contributed by atoms with Gasteiger partial charge in [-0.15, -0.1) is 0 Å². The Morgan fingerprint density at radius 1 is 1.47 bits per heavy atom. The third-order valence-corrected chi connectivity index (χ3v) is 2.90. The van der Waals surface area contributed by atoms with Crippen LogP contribution in [-0.4, -0.2) is 25.2 Å². The molecule has 4 nitrogen and oxygen atoms in total. The highest BCUT2D eigenvalue weighted by molar-refractivity contribution is 6.31. The lowest BCUT2D eigenvalue weighted by Gasteiger charge is -2.23. The van der Waals surface area contributed by atoms with Gasteiger partial charge in [-0.2, -0.15) is 0 Å². The molecule has 0 aromatic heterocycles. The molecule has 1 aromatic carbocycles. The monoisotopic (exact) mass is 254 g/mol. The molecule has 0 spiro atoms. The predicted molar refractivity (Wildman–Crippen MR) is 67.2 cm³/mol. The SMILES string of the molecule is Nc1cc(Cl)cc(C(=O)NC2CCCOC2)c1. The number of hydrogen-bond donors (Lipinski definition) is 2. The highest BCUT2D eigenvalue weighted by Crippen LogP contribution is 2.17. The van der Waals surface area contributed by atoms with Crippen molar-refractivity contribution in [3.63, 3.8) is 0 Å². The van der Waals surface area contributed by atoms with Crippen LogP contribution in [0.1, 0.15) is 23.2 Å². The van der Waals surface area contributed by atoms with Gasteiger partial charge in [0.25, 0.3) is 5.91 Å². The Morgan fingerprint density at radius 3 is 2.94 bits per heavy atom.